The SMILES string of the molecule is COc1cc(OCCOC(=O)c2ccc(COc3cccc([C@@H](NC(=O)O[C@H]4CN5CCC4CC5)c4ccccc4)c3)cc2)c(Br)cc1CNC[C@H](O)c1ccc(O)c2[nH]c(=O)ccc12. The van der Waals surface area contributed by atoms with Crippen LogP contribution < -0.4 is 30.4 Å². The highest BCUT2D eigenvalue weighted by molar-refractivity contribution is 9.10. The van der Waals surface area contributed by atoms with Gasteiger partial charge in [-0.3, -0.25) is 9.69 Å². The molecule has 6 aromatic rings. The molecule has 3 aliphatic heterocycles. The molecule has 15 heteroatoms. The van der Waals surface area contributed by atoms with Crippen molar-refractivity contribution in [2.75, 3.05) is 46.5 Å². The Hall–Kier alpha value is -6.39. The number of alkyl carbamates (subject to hydrolysis) is 1. The number of benzene rings is 5. The number of fused-ring (bicyclic) bond motifs is 4. The van der Waals surface area contributed by atoms with E-state index < -0.39 is 24.2 Å². The first-order valence-corrected chi connectivity index (χ1v) is 22.4. The standard InChI is InChI=1S/C50H51BrN4O10/c1-61-43-26-44(40(51)25-36(43)27-52-28-42(57)38-14-16-41(56)48-39(38)15-17-46(58)53-48)62-22-23-63-49(59)34-12-10-31(11-13-34)30-64-37-9-5-8-35(24-37)47(33-6-3-2-4-7-33)54-50(60)65-45-29-55-20-18-32(45)19-21-55/h2-17,24-26,32,42,45,47,52,56-57H,18-23,27-30H2,1H3,(H,53,58)(H,54,60)/t42-,45-,47-/m0/s1. The molecular formula is C50H51BrN4O10. The molecular weight excluding hydrogens is 896 g/mol. The highest BCUT2D eigenvalue weighted by Gasteiger charge is 2.37. The van der Waals surface area contributed by atoms with E-state index in [4.69, 9.17) is 23.7 Å². The number of halogens is 1. The van der Waals surface area contributed by atoms with E-state index in [2.05, 4.69) is 36.4 Å². The second-order valence-electron chi connectivity index (χ2n) is 16.1. The van der Waals surface area contributed by atoms with Crippen LogP contribution in [0.25, 0.3) is 10.9 Å². The summed E-state index contributed by atoms with van der Waals surface area (Å²) in [7, 11) is 1.55. The summed E-state index contributed by atoms with van der Waals surface area (Å²) >= 11 is 3.56. The number of rotatable bonds is 18. The molecule has 9 rings (SSSR count). The van der Waals surface area contributed by atoms with Crippen LogP contribution in [0.2, 0.25) is 0 Å². The van der Waals surface area contributed by atoms with Crippen LogP contribution in [0.15, 0.2) is 125 Å². The molecule has 5 N–H and O–H groups in total. The summed E-state index contributed by atoms with van der Waals surface area (Å²) in [5.41, 5.74) is 4.30. The number of carbonyl (C=O) groups excluding carboxylic acids is 2. The van der Waals surface area contributed by atoms with Crippen LogP contribution in [0, 0.1) is 5.92 Å². The average molecular weight is 948 g/mol. The first-order valence-electron chi connectivity index (χ1n) is 21.6. The van der Waals surface area contributed by atoms with Crippen molar-refractivity contribution in [2.24, 2.45) is 5.92 Å². The lowest BCUT2D eigenvalue weighted by Gasteiger charge is -2.43. The number of aliphatic hydroxyl groups is 1. The van der Waals surface area contributed by atoms with E-state index in [1.807, 2.05) is 72.8 Å². The van der Waals surface area contributed by atoms with Crippen LogP contribution in [0.5, 0.6) is 23.0 Å². The maximum atomic E-state index is 13.3. The van der Waals surface area contributed by atoms with Crippen LogP contribution >= 0.6 is 15.9 Å². The number of piperidine rings is 3. The van der Waals surface area contributed by atoms with Gasteiger partial charge in [0.25, 0.3) is 0 Å². The van der Waals surface area contributed by atoms with Crippen molar-refractivity contribution in [3.63, 3.8) is 0 Å². The van der Waals surface area contributed by atoms with Crippen molar-refractivity contribution in [1.82, 2.24) is 20.5 Å². The highest BCUT2D eigenvalue weighted by atomic mass is 79.9. The Morgan fingerprint density at radius 3 is 2.42 bits per heavy atom. The number of aliphatic hydroxyl groups excluding tert-OH is 1. The number of hydrogen-bond donors (Lipinski definition) is 5. The Labute approximate surface area is 384 Å². The summed E-state index contributed by atoms with van der Waals surface area (Å²) in [4.78, 5) is 42.9. The van der Waals surface area contributed by atoms with Crippen molar-refractivity contribution in [3.8, 4) is 23.0 Å². The summed E-state index contributed by atoms with van der Waals surface area (Å²) in [6, 6.07) is 33.6. The van der Waals surface area contributed by atoms with Gasteiger partial charge in [-0.2, -0.15) is 0 Å². The number of ether oxygens (including phenoxy) is 5. The molecule has 3 aliphatic rings. The Balaban J connectivity index is 0.794. The van der Waals surface area contributed by atoms with Gasteiger partial charge < -0.3 is 49.5 Å². The number of nitrogens with zero attached hydrogens (tertiary/aromatic N) is 1. The molecule has 1 aromatic heterocycles. The van der Waals surface area contributed by atoms with E-state index in [0.29, 0.717) is 50.7 Å². The summed E-state index contributed by atoms with van der Waals surface area (Å²) < 4.78 is 29.8. The molecule has 0 radical (unpaired) electrons. The summed E-state index contributed by atoms with van der Waals surface area (Å²) in [6.07, 6.45) is 0.662. The first kappa shape index (κ1) is 45.2. The summed E-state index contributed by atoms with van der Waals surface area (Å²) in [5.74, 6) is 1.52. The molecule has 14 nitrogen and oxygen atoms in total. The van der Waals surface area contributed by atoms with Gasteiger partial charge in [0.05, 0.1) is 34.8 Å². The van der Waals surface area contributed by atoms with E-state index in [-0.39, 0.29) is 49.3 Å². The van der Waals surface area contributed by atoms with E-state index in [1.165, 1.54) is 12.1 Å². The van der Waals surface area contributed by atoms with Gasteiger partial charge in [0, 0.05) is 42.7 Å². The largest absolute Gasteiger partial charge is 0.506 e. The lowest BCUT2D eigenvalue weighted by atomic mass is 9.86. The number of esters is 1. The fourth-order valence-corrected chi connectivity index (χ4v) is 8.92. The van der Waals surface area contributed by atoms with Gasteiger partial charge in [-0.05, 0) is 112 Å². The number of H-pyrrole nitrogens is 1. The Morgan fingerprint density at radius 1 is 0.877 bits per heavy atom. The molecule has 0 aliphatic carbocycles. The predicted octanol–water partition coefficient (Wildman–Crippen LogP) is 7.55. The fraction of sp³-hybridized carbons (Fsp3) is 0.300. The van der Waals surface area contributed by atoms with Gasteiger partial charge in [0.15, 0.2) is 0 Å². The lowest BCUT2D eigenvalue weighted by Crippen LogP contribution is -2.52. The third-order valence-corrected chi connectivity index (χ3v) is 12.5. The van der Waals surface area contributed by atoms with Gasteiger partial charge in [-0.1, -0.05) is 60.7 Å². The zero-order valence-electron chi connectivity index (χ0n) is 35.8. The molecule has 3 fully saturated rings. The maximum absolute atomic E-state index is 13.3. The molecule has 2 bridgehead atoms. The van der Waals surface area contributed by atoms with Crippen LogP contribution in [-0.2, 0) is 22.6 Å². The molecule has 1 amide bonds. The number of amides is 1. The number of aromatic hydroxyl groups is 1. The van der Waals surface area contributed by atoms with Crippen molar-refractivity contribution in [2.45, 2.75) is 44.2 Å². The van der Waals surface area contributed by atoms with Crippen molar-refractivity contribution in [3.05, 3.63) is 163 Å². The normalized spacial score (nSPS) is 17.5. The predicted molar refractivity (Wildman–Crippen MR) is 247 cm³/mol. The van der Waals surface area contributed by atoms with Gasteiger partial charge in [-0.25, -0.2) is 9.59 Å². The zero-order chi connectivity index (χ0) is 45.3. The minimum atomic E-state index is -0.923. The molecule has 5 aromatic carbocycles. The highest BCUT2D eigenvalue weighted by Crippen LogP contribution is 2.34. The number of methoxy groups -OCH3 is 1. The lowest BCUT2D eigenvalue weighted by molar-refractivity contribution is -0.0336. The number of carbonyl (C=O) groups is 2. The van der Waals surface area contributed by atoms with Gasteiger partial charge in [0.1, 0.15) is 48.9 Å². The average Bonchev–Trinajstić information content (AvgIpc) is 3.33. The Bertz CT molecular complexity index is 2650. The third kappa shape index (κ3) is 11.3. The fourth-order valence-electron chi connectivity index (χ4n) is 8.41. The molecule has 4 heterocycles. The number of aromatic amines is 1. The number of aromatic nitrogens is 1. The minimum absolute atomic E-state index is 0.00603. The summed E-state index contributed by atoms with van der Waals surface area (Å²) in [5, 5.41) is 28.0. The topological polar surface area (TPSA) is 181 Å². The van der Waals surface area contributed by atoms with Crippen LogP contribution in [0.4, 0.5) is 4.79 Å². The quantitative estimate of drug-likeness (QED) is 0.0423. The summed E-state index contributed by atoms with van der Waals surface area (Å²) in [6.45, 7) is 3.82. The van der Waals surface area contributed by atoms with E-state index >= 15 is 0 Å². The number of phenols is 1. The number of phenolic OH excluding ortho intramolecular Hbond substituents is 1. The van der Waals surface area contributed by atoms with Crippen LogP contribution in [0.1, 0.15) is 63.2 Å². The number of pyridine rings is 1. The van der Waals surface area contributed by atoms with E-state index in [9.17, 15) is 24.6 Å². The third-order valence-electron chi connectivity index (χ3n) is 11.9. The van der Waals surface area contributed by atoms with Crippen LogP contribution in [-0.4, -0.2) is 84.8 Å². The van der Waals surface area contributed by atoms with Gasteiger partial charge in [-0.15, -0.1) is 0 Å². The zero-order valence-corrected chi connectivity index (χ0v) is 37.4. The van der Waals surface area contributed by atoms with Gasteiger partial charge in [0.2, 0.25) is 5.56 Å². The van der Waals surface area contributed by atoms with Crippen molar-refractivity contribution >= 4 is 38.9 Å². The van der Waals surface area contributed by atoms with E-state index in [1.54, 1.807) is 37.4 Å². The molecule has 338 valence electrons. The maximum Gasteiger partial charge on any atom is 0.408 e. The Morgan fingerprint density at radius 2 is 1.66 bits per heavy atom. The molecule has 3 atom stereocenters. The second kappa shape index (κ2) is 21.1. The molecule has 65 heavy (non-hydrogen) atoms. The molecule has 0 spiro atoms. The minimum Gasteiger partial charge on any atom is -0.506 e. The molecule has 0 saturated carbocycles. The van der Waals surface area contributed by atoms with Gasteiger partial charge >= 0.3 is 12.1 Å². The first-order chi connectivity index (χ1) is 31.6. The second-order valence-corrected chi connectivity index (χ2v) is 17.0. The van der Waals surface area contributed by atoms with Crippen molar-refractivity contribution < 1.29 is 43.5 Å². The van der Waals surface area contributed by atoms with Crippen LogP contribution in [0.3, 0.4) is 0 Å². The number of nitrogens with one attached hydrogen (secondary N) is 3. The number of hydrogen-bond acceptors (Lipinski definition) is 12. The molecule has 0 unspecified atom stereocenters. The smallest absolute Gasteiger partial charge is 0.408 e. The Kier molecular flexibility index (Phi) is 14.6. The van der Waals surface area contributed by atoms with E-state index in [0.717, 1.165) is 54.7 Å². The molecule has 3 saturated heterocycles. The van der Waals surface area contributed by atoms with Crippen molar-refractivity contribution in [1.29, 1.82) is 0 Å². The monoisotopic (exact) mass is 946 g/mol.